The fourth-order valence-corrected chi connectivity index (χ4v) is 4.23. The van der Waals surface area contributed by atoms with E-state index in [9.17, 15) is 9.59 Å². The number of nitrogens with zero attached hydrogens (tertiary/aromatic N) is 4. The van der Waals surface area contributed by atoms with Gasteiger partial charge in [-0.2, -0.15) is 5.10 Å². The Balaban J connectivity index is 1.66. The van der Waals surface area contributed by atoms with Gasteiger partial charge in [0.05, 0.1) is 17.6 Å². The van der Waals surface area contributed by atoms with Crippen molar-refractivity contribution in [2.75, 3.05) is 25.2 Å². The van der Waals surface area contributed by atoms with Crippen molar-refractivity contribution >= 4 is 28.1 Å². The summed E-state index contributed by atoms with van der Waals surface area (Å²) in [7, 11) is 1.61. The molecule has 152 valence electrons. The predicted molar refractivity (Wildman–Crippen MR) is 115 cm³/mol. The smallest absolute Gasteiger partial charge is 0.278 e. The van der Waals surface area contributed by atoms with Gasteiger partial charge in [-0.25, -0.2) is 4.52 Å². The average Bonchev–Trinajstić information content (AvgIpc) is 3.24. The molecule has 1 aliphatic rings. The van der Waals surface area contributed by atoms with E-state index in [0.717, 1.165) is 35.1 Å². The number of carbonyl (C=O) groups is 1. The molecule has 1 amide bonds. The fraction of sp³-hybridized carbons (Fsp3) is 0.261. The summed E-state index contributed by atoms with van der Waals surface area (Å²) in [6, 6.07) is 17.1. The Bertz CT molecular complexity index is 1320. The highest BCUT2D eigenvalue weighted by atomic mass is 16.5. The first kappa shape index (κ1) is 18.6. The molecule has 2 aromatic carbocycles. The molecule has 0 N–H and O–H groups in total. The van der Waals surface area contributed by atoms with Crippen LogP contribution >= 0.6 is 0 Å². The largest absolute Gasteiger partial charge is 0.383 e. The number of hydrogen-bond acceptors (Lipinski definition) is 4. The lowest BCUT2D eigenvalue weighted by Gasteiger charge is -2.28. The monoisotopic (exact) mass is 402 g/mol. The van der Waals surface area contributed by atoms with Crippen molar-refractivity contribution in [3.8, 4) is 0 Å². The molecule has 0 atom stereocenters. The van der Waals surface area contributed by atoms with Crippen LogP contribution in [-0.4, -0.2) is 40.3 Å². The predicted octanol–water partition coefficient (Wildman–Crippen LogP) is 2.89. The molecule has 1 aliphatic heterocycles. The maximum atomic E-state index is 13.4. The Morgan fingerprint density at radius 1 is 1.07 bits per heavy atom. The van der Waals surface area contributed by atoms with Crippen molar-refractivity contribution in [2.24, 2.45) is 0 Å². The highest BCUT2D eigenvalue weighted by Gasteiger charge is 2.26. The molecule has 0 unspecified atom stereocenters. The minimum Gasteiger partial charge on any atom is -0.383 e. The molecule has 0 aliphatic carbocycles. The van der Waals surface area contributed by atoms with Crippen molar-refractivity contribution in [1.29, 1.82) is 0 Å². The van der Waals surface area contributed by atoms with Gasteiger partial charge in [-0.05, 0) is 36.6 Å². The third-order valence-corrected chi connectivity index (χ3v) is 5.67. The number of aryl methyl sites for hydroxylation is 1. The molecule has 0 saturated heterocycles. The lowest BCUT2D eigenvalue weighted by molar-refractivity contribution is 0.0980. The van der Waals surface area contributed by atoms with Crippen molar-refractivity contribution in [1.82, 2.24) is 14.2 Å². The summed E-state index contributed by atoms with van der Waals surface area (Å²) in [6.45, 7) is 1.49. The van der Waals surface area contributed by atoms with E-state index in [1.54, 1.807) is 27.2 Å². The quantitative estimate of drug-likeness (QED) is 0.526. The third kappa shape index (κ3) is 2.90. The SMILES string of the molecule is COCCn1c(=O)c2cc(C(=O)N3CCCc4ccccc43)nn2c2ccccc21. The zero-order valence-corrected chi connectivity index (χ0v) is 16.7. The van der Waals surface area contributed by atoms with Gasteiger partial charge in [-0.15, -0.1) is 0 Å². The number of ether oxygens (including phenoxy) is 1. The van der Waals surface area contributed by atoms with Gasteiger partial charge >= 0.3 is 0 Å². The summed E-state index contributed by atoms with van der Waals surface area (Å²) in [5.41, 5.74) is 4.11. The van der Waals surface area contributed by atoms with E-state index >= 15 is 0 Å². The molecule has 0 radical (unpaired) electrons. The van der Waals surface area contributed by atoms with E-state index < -0.39 is 0 Å². The van der Waals surface area contributed by atoms with Crippen LogP contribution in [-0.2, 0) is 17.7 Å². The number of methoxy groups -OCH3 is 1. The molecule has 5 rings (SSSR count). The first-order valence-corrected chi connectivity index (χ1v) is 10.1. The number of amides is 1. The molecule has 30 heavy (non-hydrogen) atoms. The van der Waals surface area contributed by atoms with Crippen LogP contribution in [0.25, 0.3) is 16.6 Å². The van der Waals surface area contributed by atoms with Gasteiger partial charge < -0.3 is 14.2 Å². The maximum Gasteiger partial charge on any atom is 0.278 e. The number of anilines is 1. The number of rotatable bonds is 4. The standard InChI is InChI=1S/C23H22N4O3/c1-30-14-13-26-19-10-4-5-11-20(19)27-21(23(26)29)15-17(24-27)22(28)25-12-6-8-16-7-2-3-9-18(16)25/h2-5,7,9-11,15H,6,8,12-14H2,1H3. The molecule has 0 fully saturated rings. The molecule has 7 heteroatoms. The van der Waals surface area contributed by atoms with E-state index in [4.69, 9.17) is 4.74 Å². The molecule has 0 saturated carbocycles. The fourth-order valence-electron chi connectivity index (χ4n) is 4.23. The number of benzene rings is 2. The Morgan fingerprint density at radius 2 is 1.83 bits per heavy atom. The van der Waals surface area contributed by atoms with Crippen LogP contribution in [0.1, 0.15) is 22.5 Å². The lowest BCUT2D eigenvalue weighted by Crippen LogP contribution is -2.35. The highest BCUT2D eigenvalue weighted by molar-refractivity contribution is 6.06. The highest BCUT2D eigenvalue weighted by Crippen LogP contribution is 2.28. The van der Waals surface area contributed by atoms with Crippen molar-refractivity contribution in [3.05, 3.63) is 76.2 Å². The molecule has 7 nitrogen and oxygen atoms in total. The van der Waals surface area contributed by atoms with Gasteiger partial charge in [0, 0.05) is 32.0 Å². The Morgan fingerprint density at radius 3 is 2.67 bits per heavy atom. The molecule has 0 bridgehead atoms. The van der Waals surface area contributed by atoms with Crippen LogP contribution in [0.15, 0.2) is 59.4 Å². The first-order valence-electron chi connectivity index (χ1n) is 10.1. The molecule has 2 aromatic heterocycles. The number of hydrogen-bond donors (Lipinski definition) is 0. The Labute approximate surface area is 173 Å². The van der Waals surface area contributed by atoms with Gasteiger partial charge in [0.15, 0.2) is 5.69 Å². The van der Waals surface area contributed by atoms with Crippen molar-refractivity contribution in [3.63, 3.8) is 0 Å². The van der Waals surface area contributed by atoms with Crippen LogP contribution in [0, 0.1) is 0 Å². The first-order chi connectivity index (χ1) is 14.7. The van der Waals surface area contributed by atoms with E-state index in [1.807, 2.05) is 42.5 Å². The normalized spacial score (nSPS) is 13.7. The van der Waals surface area contributed by atoms with Gasteiger partial charge in [0.2, 0.25) is 0 Å². The van der Waals surface area contributed by atoms with Crippen molar-refractivity contribution < 1.29 is 9.53 Å². The van der Waals surface area contributed by atoms with Crippen LogP contribution in [0.4, 0.5) is 5.69 Å². The van der Waals surface area contributed by atoms with E-state index in [1.165, 1.54) is 0 Å². The Hall–Kier alpha value is -3.45. The van der Waals surface area contributed by atoms with E-state index in [2.05, 4.69) is 11.2 Å². The second-order valence-corrected chi connectivity index (χ2v) is 7.45. The summed E-state index contributed by atoms with van der Waals surface area (Å²) < 4.78 is 8.44. The summed E-state index contributed by atoms with van der Waals surface area (Å²) in [5.74, 6) is -0.183. The molecule has 4 aromatic rings. The maximum absolute atomic E-state index is 13.4. The third-order valence-electron chi connectivity index (χ3n) is 5.67. The molecular weight excluding hydrogens is 380 g/mol. The Kier molecular flexibility index (Phi) is 4.59. The summed E-state index contributed by atoms with van der Waals surface area (Å²) in [6.07, 6.45) is 1.86. The number of carbonyl (C=O) groups excluding carboxylic acids is 1. The molecular formula is C23H22N4O3. The zero-order chi connectivity index (χ0) is 20.7. The molecule has 0 spiro atoms. The summed E-state index contributed by atoms with van der Waals surface area (Å²) in [5, 5.41) is 4.55. The topological polar surface area (TPSA) is 68.8 Å². The van der Waals surface area contributed by atoms with Gasteiger partial charge in [-0.1, -0.05) is 30.3 Å². The number of aromatic nitrogens is 3. The second-order valence-electron chi connectivity index (χ2n) is 7.45. The minimum absolute atomic E-state index is 0.183. The van der Waals surface area contributed by atoms with E-state index in [0.29, 0.717) is 25.2 Å². The van der Waals surface area contributed by atoms with E-state index in [-0.39, 0.29) is 17.2 Å². The summed E-state index contributed by atoms with van der Waals surface area (Å²) >= 11 is 0. The zero-order valence-electron chi connectivity index (χ0n) is 16.7. The summed E-state index contributed by atoms with van der Waals surface area (Å²) in [4.78, 5) is 28.3. The van der Waals surface area contributed by atoms with Gasteiger partial charge in [-0.3, -0.25) is 9.59 Å². The number of para-hydroxylation sites is 3. The van der Waals surface area contributed by atoms with Crippen LogP contribution < -0.4 is 10.5 Å². The van der Waals surface area contributed by atoms with Crippen LogP contribution in [0.2, 0.25) is 0 Å². The van der Waals surface area contributed by atoms with Crippen molar-refractivity contribution in [2.45, 2.75) is 19.4 Å². The van der Waals surface area contributed by atoms with Crippen LogP contribution in [0.5, 0.6) is 0 Å². The molecule has 3 heterocycles. The van der Waals surface area contributed by atoms with Gasteiger partial charge in [0.1, 0.15) is 5.52 Å². The average molecular weight is 402 g/mol. The lowest BCUT2D eigenvalue weighted by atomic mass is 10.0. The number of fused-ring (bicyclic) bond motifs is 4. The van der Waals surface area contributed by atoms with Crippen LogP contribution in [0.3, 0.4) is 0 Å². The second kappa shape index (κ2) is 7.42. The van der Waals surface area contributed by atoms with Gasteiger partial charge in [0.25, 0.3) is 11.5 Å². The minimum atomic E-state index is -0.184.